The molecule has 5 nitrogen and oxygen atoms in total. The number of anilines is 2. The average Bonchev–Trinajstić information content (AvgIpc) is 2.46. The summed E-state index contributed by atoms with van der Waals surface area (Å²) in [5, 5.41) is 3.25. The molecule has 0 saturated carbocycles. The third kappa shape index (κ3) is 3.56. The summed E-state index contributed by atoms with van der Waals surface area (Å²) >= 11 is 0. The number of nitrogens with one attached hydrogen (secondary N) is 1. The van der Waals surface area contributed by atoms with Crippen LogP contribution in [0.25, 0.3) is 0 Å². The van der Waals surface area contributed by atoms with Crippen LogP contribution in [0.5, 0.6) is 0 Å². The van der Waals surface area contributed by atoms with Crippen LogP contribution in [0.4, 0.5) is 11.8 Å². The molecule has 0 amide bonds. The van der Waals surface area contributed by atoms with Crippen LogP contribution in [0.15, 0.2) is 6.20 Å². The minimum Gasteiger partial charge on any atom is -0.381 e. The van der Waals surface area contributed by atoms with Gasteiger partial charge < -0.3 is 15.0 Å². The Labute approximate surface area is 115 Å². The maximum atomic E-state index is 5.42. The van der Waals surface area contributed by atoms with E-state index in [0.717, 1.165) is 56.4 Å². The molecule has 1 N–H and O–H groups in total. The Morgan fingerprint density at radius 1 is 1.42 bits per heavy atom. The van der Waals surface area contributed by atoms with Gasteiger partial charge in [-0.3, -0.25) is 0 Å². The Balaban J connectivity index is 2.12. The van der Waals surface area contributed by atoms with Crippen LogP contribution in [0.3, 0.4) is 0 Å². The molecule has 0 atom stereocenters. The fourth-order valence-corrected chi connectivity index (χ4v) is 2.36. The molecule has 1 aromatic heterocycles. The molecule has 0 aliphatic carbocycles. The predicted molar refractivity (Wildman–Crippen MR) is 77.8 cm³/mol. The van der Waals surface area contributed by atoms with Crippen molar-refractivity contribution in [1.82, 2.24) is 9.97 Å². The Hall–Kier alpha value is -1.36. The van der Waals surface area contributed by atoms with Gasteiger partial charge in [0, 0.05) is 44.6 Å². The van der Waals surface area contributed by atoms with Gasteiger partial charge in [0.2, 0.25) is 5.95 Å². The zero-order chi connectivity index (χ0) is 13.7. The van der Waals surface area contributed by atoms with Crippen molar-refractivity contribution in [2.75, 3.05) is 37.0 Å². The summed E-state index contributed by atoms with van der Waals surface area (Å²) in [5.41, 5.74) is 1.12. The Morgan fingerprint density at radius 3 is 2.84 bits per heavy atom. The van der Waals surface area contributed by atoms with Crippen LogP contribution >= 0.6 is 0 Å². The standard InChI is InChI=1S/C14H24N4O/c1-4-7-15-14-16-10-11(2)13(17-14)18(3)12-5-8-19-9-6-12/h10,12H,4-9H2,1-3H3,(H,15,16,17). The highest BCUT2D eigenvalue weighted by Crippen LogP contribution is 2.23. The number of aryl methyl sites for hydroxylation is 1. The molecule has 5 heteroatoms. The minimum atomic E-state index is 0.515. The third-order valence-corrected chi connectivity index (χ3v) is 3.55. The second-order valence-corrected chi connectivity index (χ2v) is 5.08. The summed E-state index contributed by atoms with van der Waals surface area (Å²) in [5.74, 6) is 1.75. The molecule has 19 heavy (non-hydrogen) atoms. The monoisotopic (exact) mass is 264 g/mol. The minimum absolute atomic E-state index is 0.515. The van der Waals surface area contributed by atoms with Gasteiger partial charge >= 0.3 is 0 Å². The van der Waals surface area contributed by atoms with E-state index in [9.17, 15) is 0 Å². The van der Waals surface area contributed by atoms with E-state index in [2.05, 4.69) is 41.1 Å². The lowest BCUT2D eigenvalue weighted by atomic mass is 10.1. The zero-order valence-corrected chi connectivity index (χ0v) is 12.1. The van der Waals surface area contributed by atoms with Crippen LogP contribution in [-0.4, -0.2) is 42.8 Å². The summed E-state index contributed by atoms with van der Waals surface area (Å²) in [6.45, 7) is 6.80. The van der Waals surface area contributed by atoms with Gasteiger partial charge in [0.15, 0.2) is 0 Å². The molecule has 0 unspecified atom stereocenters. The van der Waals surface area contributed by atoms with Gasteiger partial charge in [-0.05, 0) is 26.2 Å². The molecule has 0 radical (unpaired) electrons. The lowest BCUT2D eigenvalue weighted by Gasteiger charge is -2.32. The largest absolute Gasteiger partial charge is 0.381 e. The molecule has 0 aromatic carbocycles. The molecular formula is C14H24N4O. The van der Waals surface area contributed by atoms with Gasteiger partial charge in [-0.15, -0.1) is 0 Å². The normalized spacial score (nSPS) is 16.4. The van der Waals surface area contributed by atoms with Crippen molar-refractivity contribution in [1.29, 1.82) is 0 Å². The Bertz CT molecular complexity index is 404. The van der Waals surface area contributed by atoms with E-state index in [0.29, 0.717) is 6.04 Å². The first-order valence-electron chi connectivity index (χ1n) is 7.10. The van der Waals surface area contributed by atoms with E-state index in [1.54, 1.807) is 0 Å². The molecule has 2 rings (SSSR count). The van der Waals surface area contributed by atoms with E-state index in [1.807, 2.05) is 6.20 Å². The van der Waals surface area contributed by atoms with Crippen LogP contribution < -0.4 is 10.2 Å². The fraction of sp³-hybridized carbons (Fsp3) is 0.714. The Kier molecular flexibility index (Phi) is 4.96. The van der Waals surface area contributed by atoms with Gasteiger partial charge in [0.25, 0.3) is 0 Å². The summed E-state index contributed by atoms with van der Waals surface area (Å²) in [7, 11) is 2.12. The van der Waals surface area contributed by atoms with E-state index in [4.69, 9.17) is 4.74 Å². The van der Waals surface area contributed by atoms with Gasteiger partial charge in [0.05, 0.1) is 0 Å². The molecule has 1 aromatic rings. The first kappa shape index (κ1) is 14.1. The van der Waals surface area contributed by atoms with Crippen LogP contribution in [-0.2, 0) is 4.74 Å². The van der Waals surface area contributed by atoms with Gasteiger partial charge in [-0.25, -0.2) is 4.98 Å². The lowest BCUT2D eigenvalue weighted by Crippen LogP contribution is -2.37. The smallest absolute Gasteiger partial charge is 0.224 e. The predicted octanol–water partition coefficient (Wildman–Crippen LogP) is 2.22. The zero-order valence-electron chi connectivity index (χ0n) is 12.1. The van der Waals surface area contributed by atoms with E-state index >= 15 is 0 Å². The van der Waals surface area contributed by atoms with Crippen molar-refractivity contribution in [3.8, 4) is 0 Å². The third-order valence-electron chi connectivity index (χ3n) is 3.55. The fourth-order valence-electron chi connectivity index (χ4n) is 2.36. The van der Waals surface area contributed by atoms with Gasteiger partial charge in [0.1, 0.15) is 5.82 Å². The molecule has 106 valence electrons. The first-order chi connectivity index (χ1) is 9.22. The number of nitrogens with zero attached hydrogens (tertiary/aromatic N) is 3. The molecule has 1 saturated heterocycles. The summed E-state index contributed by atoms with van der Waals surface area (Å²) < 4.78 is 5.42. The Morgan fingerprint density at radius 2 is 2.16 bits per heavy atom. The van der Waals surface area contributed by atoms with Crippen LogP contribution in [0.1, 0.15) is 31.7 Å². The average molecular weight is 264 g/mol. The number of hydrogen-bond donors (Lipinski definition) is 1. The van der Waals surface area contributed by atoms with Crippen molar-refractivity contribution in [3.63, 3.8) is 0 Å². The summed E-state index contributed by atoms with van der Waals surface area (Å²) in [6.07, 6.45) is 5.11. The summed E-state index contributed by atoms with van der Waals surface area (Å²) in [6, 6.07) is 0.515. The number of hydrogen-bond acceptors (Lipinski definition) is 5. The quantitative estimate of drug-likeness (QED) is 0.883. The van der Waals surface area contributed by atoms with Gasteiger partial charge in [-0.1, -0.05) is 6.92 Å². The molecular weight excluding hydrogens is 240 g/mol. The summed E-state index contributed by atoms with van der Waals surface area (Å²) in [4.78, 5) is 11.3. The highest BCUT2D eigenvalue weighted by Gasteiger charge is 2.21. The second kappa shape index (κ2) is 6.70. The SMILES string of the molecule is CCCNc1ncc(C)c(N(C)C2CCOCC2)n1. The molecule has 1 aliphatic heterocycles. The number of aromatic nitrogens is 2. The molecule has 0 bridgehead atoms. The number of rotatable bonds is 5. The first-order valence-corrected chi connectivity index (χ1v) is 7.10. The van der Waals surface area contributed by atoms with Crippen molar-refractivity contribution < 1.29 is 4.74 Å². The second-order valence-electron chi connectivity index (χ2n) is 5.08. The highest BCUT2D eigenvalue weighted by atomic mass is 16.5. The van der Waals surface area contributed by atoms with Gasteiger partial charge in [-0.2, -0.15) is 4.98 Å². The van der Waals surface area contributed by atoms with E-state index in [-0.39, 0.29) is 0 Å². The lowest BCUT2D eigenvalue weighted by molar-refractivity contribution is 0.0853. The maximum Gasteiger partial charge on any atom is 0.224 e. The van der Waals surface area contributed by atoms with Crippen LogP contribution in [0, 0.1) is 6.92 Å². The topological polar surface area (TPSA) is 50.3 Å². The maximum absolute atomic E-state index is 5.42. The van der Waals surface area contributed by atoms with Crippen molar-refractivity contribution in [2.24, 2.45) is 0 Å². The van der Waals surface area contributed by atoms with Crippen molar-refractivity contribution >= 4 is 11.8 Å². The van der Waals surface area contributed by atoms with Crippen molar-refractivity contribution in [3.05, 3.63) is 11.8 Å². The number of ether oxygens (including phenoxy) is 1. The van der Waals surface area contributed by atoms with Crippen LogP contribution in [0.2, 0.25) is 0 Å². The molecule has 1 aliphatic rings. The van der Waals surface area contributed by atoms with Crippen molar-refractivity contribution in [2.45, 2.75) is 39.2 Å². The van der Waals surface area contributed by atoms with E-state index in [1.165, 1.54) is 0 Å². The molecule has 1 fully saturated rings. The molecule has 2 heterocycles. The molecule has 0 spiro atoms. The van der Waals surface area contributed by atoms with E-state index < -0.39 is 0 Å². The highest BCUT2D eigenvalue weighted by molar-refractivity contribution is 5.49.